The van der Waals surface area contributed by atoms with Crippen LogP contribution in [0.25, 0.3) is 0 Å². The first-order valence-corrected chi connectivity index (χ1v) is 10.6. The molecule has 164 valence electrons. The molecule has 0 bridgehead atoms. The average Bonchev–Trinajstić information content (AvgIpc) is 3.26. The van der Waals surface area contributed by atoms with Crippen molar-refractivity contribution >= 4 is 17.9 Å². The maximum Gasteiger partial charge on any atom is 0.338 e. The second-order valence-corrected chi connectivity index (χ2v) is 7.94. The van der Waals surface area contributed by atoms with Crippen molar-refractivity contribution in [3.63, 3.8) is 0 Å². The Labute approximate surface area is 176 Å². The van der Waals surface area contributed by atoms with Gasteiger partial charge in [-0.1, -0.05) is 19.8 Å². The van der Waals surface area contributed by atoms with Gasteiger partial charge in [-0.2, -0.15) is 0 Å². The molecule has 1 aliphatic carbocycles. The molecule has 8 nitrogen and oxygen atoms in total. The fourth-order valence-corrected chi connectivity index (χ4v) is 3.76. The predicted molar refractivity (Wildman–Crippen MR) is 109 cm³/mol. The summed E-state index contributed by atoms with van der Waals surface area (Å²) in [6, 6.07) is 6.00. The molecule has 1 heterocycles. The minimum Gasteiger partial charge on any atom is -0.491 e. The minimum absolute atomic E-state index is 0.0649. The number of rotatable bonds is 7. The van der Waals surface area contributed by atoms with Gasteiger partial charge < -0.3 is 19.5 Å². The summed E-state index contributed by atoms with van der Waals surface area (Å²) in [6.45, 7) is 2.82. The van der Waals surface area contributed by atoms with Crippen molar-refractivity contribution in [1.29, 1.82) is 0 Å². The lowest BCUT2D eigenvalue weighted by molar-refractivity contribution is -0.123. The van der Waals surface area contributed by atoms with Crippen molar-refractivity contribution in [2.75, 3.05) is 19.8 Å². The molecule has 0 aromatic heterocycles. The highest BCUT2D eigenvalue weighted by atomic mass is 16.5. The summed E-state index contributed by atoms with van der Waals surface area (Å²) in [5, 5.41) is 5.03. The third-order valence-electron chi connectivity index (χ3n) is 5.57. The second-order valence-electron chi connectivity index (χ2n) is 7.94. The van der Waals surface area contributed by atoms with Crippen LogP contribution >= 0.6 is 0 Å². The molecule has 1 saturated carbocycles. The van der Waals surface area contributed by atoms with Crippen LogP contribution < -0.4 is 15.4 Å². The molecule has 1 aliphatic heterocycles. The lowest BCUT2D eigenvalue weighted by Crippen LogP contribution is -2.48. The van der Waals surface area contributed by atoms with Gasteiger partial charge in [0.2, 0.25) is 0 Å². The van der Waals surface area contributed by atoms with Crippen molar-refractivity contribution in [2.24, 2.45) is 5.92 Å². The number of ether oxygens (including phenoxy) is 3. The Morgan fingerprint density at radius 1 is 1.07 bits per heavy atom. The van der Waals surface area contributed by atoms with Gasteiger partial charge in [-0.15, -0.1) is 0 Å². The molecule has 0 unspecified atom stereocenters. The molecular formula is C22H30N2O6. The first-order valence-electron chi connectivity index (χ1n) is 10.6. The van der Waals surface area contributed by atoms with Crippen molar-refractivity contribution in [3.05, 3.63) is 29.8 Å². The number of nitrogens with one attached hydrogen (secondary N) is 2. The predicted octanol–water partition coefficient (Wildman–Crippen LogP) is 2.81. The molecule has 0 spiro atoms. The van der Waals surface area contributed by atoms with Crippen LogP contribution in [0.15, 0.2) is 24.3 Å². The Balaban J connectivity index is 1.36. The second kappa shape index (κ2) is 11.0. The van der Waals surface area contributed by atoms with Crippen LogP contribution in [0.2, 0.25) is 0 Å². The summed E-state index contributed by atoms with van der Waals surface area (Å²) < 4.78 is 16.1. The van der Waals surface area contributed by atoms with Crippen LogP contribution in [-0.4, -0.2) is 49.9 Å². The normalized spacial score (nSPS) is 23.4. The number of carbonyl (C=O) groups excluding carboxylic acids is 3. The minimum atomic E-state index is -0.666. The van der Waals surface area contributed by atoms with Crippen LogP contribution in [0.4, 0.5) is 4.79 Å². The highest BCUT2D eigenvalue weighted by Gasteiger charge is 2.23. The van der Waals surface area contributed by atoms with E-state index in [4.69, 9.17) is 14.2 Å². The zero-order valence-electron chi connectivity index (χ0n) is 17.4. The highest BCUT2D eigenvalue weighted by molar-refractivity contribution is 5.97. The topological polar surface area (TPSA) is 103 Å². The summed E-state index contributed by atoms with van der Waals surface area (Å²) in [6.07, 6.45) is 6.36. The third kappa shape index (κ3) is 6.73. The van der Waals surface area contributed by atoms with Crippen molar-refractivity contribution in [2.45, 2.75) is 57.6 Å². The van der Waals surface area contributed by atoms with Crippen LogP contribution in [-0.2, 0) is 14.3 Å². The van der Waals surface area contributed by atoms with E-state index < -0.39 is 24.5 Å². The number of imide groups is 1. The molecule has 1 aromatic rings. The molecule has 1 aromatic carbocycles. The molecule has 2 fully saturated rings. The highest BCUT2D eigenvalue weighted by Crippen LogP contribution is 2.23. The number of carbonyl (C=O) groups is 3. The van der Waals surface area contributed by atoms with E-state index in [-0.39, 0.29) is 12.1 Å². The van der Waals surface area contributed by atoms with Gasteiger partial charge in [-0.3, -0.25) is 10.1 Å². The van der Waals surface area contributed by atoms with E-state index in [0.717, 1.165) is 45.1 Å². The van der Waals surface area contributed by atoms with E-state index in [9.17, 15) is 14.4 Å². The maximum absolute atomic E-state index is 12.1. The molecule has 30 heavy (non-hydrogen) atoms. The first-order chi connectivity index (χ1) is 14.5. The fraction of sp³-hybridized carbons (Fsp3) is 0.591. The Morgan fingerprint density at radius 2 is 1.83 bits per heavy atom. The van der Waals surface area contributed by atoms with Gasteiger partial charge in [-0.05, 0) is 55.9 Å². The van der Waals surface area contributed by atoms with Gasteiger partial charge in [-0.25, -0.2) is 9.59 Å². The number of amides is 3. The van der Waals surface area contributed by atoms with E-state index in [0.29, 0.717) is 23.8 Å². The van der Waals surface area contributed by atoms with Crippen LogP contribution in [0.3, 0.4) is 0 Å². The molecule has 8 heteroatoms. The van der Waals surface area contributed by atoms with Gasteiger partial charge in [0.05, 0.1) is 11.7 Å². The number of esters is 1. The number of hydrogen-bond donors (Lipinski definition) is 2. The lowest BCUT2D eigenvalue weighted by Gasteiger charge is -2.29. The van der Waals surface area contributed by atoms with E-state index in [2.05, 4.69) is 17.6 Å². The standard InChI is InChI=1S/C22H30N2O6/c1-15-5-2-3-7-19(15)23-22(27)24-20(25)14-30-21(26)16-8-10-17(11-9-16)29-13-18-6-4-12-28-18/h8-11,15,18-19H,2-7,12-14H2,1H3,(H2,23,24,25,27)/t15-,18-,19+/m0/s1. The maximum atomic E-state index is 12.1. The number of urea groups is 1. The molecule has 3 rings (SSSR count). The summed E-state index contributed by atoms with van der Waals surface area (Å²) in [5.41, 5.74) is 0.299. The zero-order valence-corrected chi connectivity index (χ0v) is 17.4. The summed E-state index contributed by atoms with van der Waals surface area (Å²) in [7, 11) is 0. The molecule has 0 radical (unpaired) electrons. The van der Waals surface area contributed by atoms with E-state index in [1.54, 1.807) is 24.3 Å². The van der Waals surface area contributed by atoms with Crippen molar-refractivity contribution < 1.29 is 28.6 Å². The van der Waals surface area contributed by atoms with Gasteiger partial charge in [0.1, 0.15) is 12.4 Å². The Morgan fingerprint density at radius 3 is 2.53 bits per heavy atom. The number of hydrogen-bond acceptors (Lipinski definition) is 6. The van der Waals surface area contributed by atoms with Crippen LogP contribution in [0, 0.1) is 5.92 Å². The smallest absolute Gasteiger partial charge is 0.338 e. The van der Waals surface area contributed by atoms with Gasteiger partial charge in [0, 0.05) is 12.6 Å². The molecule has 3 atom stereocenters. The van der Waals surface area contributed by atoms with E-state index >= 15 is 0 Å². The number of benzene rings is 1. The van der Waals surface area contributed by atoms with Crippen molar-refractivity contribution in [1.82, 2.24) is 10.6 Å². The molecule has 1 saturated heterocycles. The monoisotopic (exact) mass is 418 g/mol. The lowest BCUT2D eigenvalue weighted by atomic mass is 9.86. The summed E-state index contributed by atoms with van der Waals surface area (Å²) >= 11 is 0. The summed E-state index contributed by atoms with van der Waals surface area (Å²) in [5.74, 6) is -0.290. The molecule has 2 N–H and O–H groups in total. The van der Waals surface area contributed by atoms with E-state index in [1.807, 2.05) is 0 Å². The summed E-state index contributed by atoms with van der Waals surface area (Å²) in [4.78, 5) is 36.0. The Hall–Kier alpha value is -2.61. The quantitative estimate of drug-likeness (QED) is 0.660. The zero-order chi connectivity index (χ0) is 21.3. The van der Waals surface area contributed by atoms with E-state index in [1.165, 1.54) is 0 Å². The van der Waals surface area contributed by atoms with Gasteiger partial charge >= 0.3 is 12.0 Å². The largest absolute Gasteiger partial charge is 0.491 e. The first kappa shape index (κ1) is 22.1. The molecule has 2 aliphatic rings. The van der Waals surface area contributed by atoms with Crippen LogP contribution in [0.5, 0.6) is 5.75 Å². The molecule has 3 amide bonds. The Kier molecular flexibility index (Phi) is 8.07. The Bertz CT molecular complexity index is 730. The van der Waals surface area contributed by atoms with Gasteiger partial charge in [0.25, 0.3) is 5.91 Å². The average molecular weight is 418 g/mol. The van der Waals surface area contributed by atoms with Crippen molar-refractivity contribution in [3.8, 4) is 5.75 Å². The van der Waals surface area contributed by atoms with Crippen LogP contribution in [0.1, 0.15) is 55.8 Å². The van der Waals surface area contributed by atoms with Gasteiger partial charge in [0.15, 0.2) is 6.61 Å². The fourth-order valence-electron chi connectivity index (χ4n) is 3.76. The molecular weight excluding hydrogens is 388 g/mol. The SMILES string of the molecule is C[C@H]1CCCC[C@H]1NC(=O)NC(=O)COC(=O)c1ccc(OC[C@@H]2CCCO2)cc1. The third-order valence-corrected chi connectivity index (χ3v) is 5.57.